The van der Waals surface area contributed by atoms with Crippen LogP contribution in [0.25, 0.3) is 17.0 Å². The van der Waals surface area contributed by atoms with Gasteiger partial charge in [-0.05, 0) is 71.8 Å². The number of allylic oxidation sites excluding steroid dienone is 1. The molecular formula is C25H17Cl3N2O. The van der Waals surface area contributed by atoms with Crippen LogP contribution in [0.3, 0.4) is 0 Å². The molecule has 0 unspecified atom stereocenters. The van der Waals surface area contributed by atoms with Crippen molar-refractivity contribution >= 4 is 68.9 Å². The Hall–Kier alpha value is -2.85. The number of nitrogens with one attached hydrogen (secondary N) is 1. The van der Waals surface area contributed by atoms with Gasteiger partial charge in [0, 0.05) is 44.4 Å². The maximum Gasteiger partial charge on any atom is 0.160 e. The van der Waals surface area contributed by atoms with Crippen LogP contribution in [0.4, 0.5) is 11.4 Å². The zero-order chi connectivity index (χ0) is 21.8. The zero-order valence-electron chi connectivity index (χ0n) is 16.3. The highest BCUT2D eigenvalue weighted by molar-refractivity contribution is 6.35. The second-order valence-electron chi connectivity index (χ2n) is 6.98. The van der Waals surface area contributed by atoms with Crippen molar-refractivity contribution in [2.24, 2.45) is 0 Å². The Morgan fingerprint density at radius 3 is 2.42 bits per heavy atom. The van der Waals surface area contributed by atoms with E-state index in [1.54, 1.807) is 30.5 Å². The summed E-state index contributed by atoms with van der Waals surface area (Å²) in [4.78, 5) is 16.7. The van der Waals surface area contributed by atoms with Gasteiger partial charge in [0.25, 0.3) is 0 Å². The maximum absolute atomic E-state index is 12.3. The van der Waals surface area contributed by atoms with E-state index in [4.69, 9.17) is 34.8 Å². The minimum absolute atomic E-state index is 0.0104. The number of benzene rings is 3. The molecule has 0 aliphatic carbocycles. The summed E-state index contributed by atoms with van der Waals surface area (Å²) in [6.45, 7) is 0. The summed E-state index contributed by atoms with van der Waals surface area (Å²) in [7, 11) is 0. The molecule has 3 aromatic carbocycles. The molecule has 3 nitrogen and oxygen atoms in total. The number of pyridine rings is 1. The number of nitrogens with zero attached hydrogens (tertiary/aromatic N) is 1. The van der Waals surface area contributed by atoms with Crippen molar-refractivity contribution in [2.45, 2.75) is 6.42 Å². The van der Waals surface area contributed by atoms with Crippen molar-refractivity contribution in [3.05, 3.63) is 105 Å². The third-order valence-electron chi connectivity index (χ3n) is 4.73. The van der Waals surface area contributed by atoms with Crippen LogP contribution < -0.4 is 5.32 Å². The Kier molecular flexibility index (Phi) is 6.57. The number of ketones is 1. The monoisotopic (exact) mass is 466 g/mol. The quantitative estimate of drug-likeness (QED) is 0.295. The lowest BCUT2D eigenvalue weighted by atomic mass is 10.1. The molecule has 31 heavy (non-hydrogen) atoms. The number of carbonyl (C=O) groups excluding carboxylic acids is 1. The molecule has 1 heterocycles. The van der Waals surface area contributed by atoms with Crippen LogP contribution in [0.1, 0.15) is 11.1 Å². The van der Waals surface area contributed by atoms with Gasteiger partial charge in [-0.15, -0.1) is 0 Å². The smallest absolute Gasteiger partial charge is 0.160 e. The van der Waals surface area contributed by atoms with Crippen molar-refractivity contribution in [3.63, 3.8) is 0 Å². The molecule has 0 atom stereocenters. The van der Waals surface area contributed by atoms with Crippen LogP contribution in [0.15, 0.2) is 79.0 Å². The molecule has 0 aliphatic heterocycles. The Labute approximate surface area is 195 Å². The summed E-state index contributed by atoms with van der Waals surface area (Å²) in [5, 5.41) is 6.10. The summed E-state index contributed by atoms with van der Waals surface area (Å²) in [5.41, 5.74) is 4.36. The van der Waals surface area contributed by atoms with Crippen molar-refractivity contribution in [2.75, 3.05) is 5.32 Å². The average molecular weight is 468 g/mol. The molecule has 1 N–H and O–H groups in total. The summed E-state index contributed by atoms with van der Waals surface area (Å²) < 4.78 is 0. The number of hydrogen-bond donors (Lipinski definition) is 1. The Morgan fingerprint density at radius 2 is 1.65 bits per heavy atom. The van der Waals surface area contributed by atoms with E-state index in [0.29, 0.717) is 21.5 Å². The Bertz CT molecular complexity index is 1280. The van der Waals surface area contributed by atoms with Gasteiger partial charge < -0.3 is 5.32 Å². The first kappa shape index (κ1) is 21.4. The van der Waals surface area contributed by atoms with Crippen LogP contribution in [-0.4, -0.2) is 10.8 Å². The fraction of sp³-hybridized carbons (Fsp3) is 0.0400. The summed E-state index contributed by atoms with van der Waals surface area (Å²) in [5.74, 6) is -0.0104. The number of carbonyl (C=O) groups is 1. The van der Waals surface area contributed by atoms with Gasteiger partial charge in [0.15, 0.2) is 5.78 Å². The van der Waals surface area contributed by atoms with Gasteiger partial charge in [-0.2, -0.15) is 0 Å². The van der Waals surface area contributed by atoms with Gasteiger partial charge in [0.2, 0.25) is 0 Å². The fourth-order valence-corrected chi connectivity index (χ4v) is 3.81. The highest BCUT2D eigenvalue weighted by atomic mass is 35.5. The molecular weight excluding hydrogens is 451 g/mol. The van der Waals surface area contributed by atoms with Crippen LogP contribution in [0, 0.1) is 0 Å². The second kappa shape index (κ2) is 9.52. The number of hydrogen-bond acceptors (Lipinski definition) is 3. The second-order valence-corrected chi connectivity index (χ2v) is 8.26. The third kappa shape index (κ3) is 5.45. The van der Waals surface area contributed by atoms with E-state index in [1.807, 2.05) is 48.5 Å². The predicted molar refractivity (Wildman–Crippen MR) is 131 cm³/mol. The molecule has 0 fully saturated rings. The Balaban J connectivity index is 1.43. The lowest BCUT2D eigenvalue weighted by Crippen LogP contribution is -1.99. The van der Waals surface area contributed by atoms with Gasteiger partial charge in [-0.25, -0.2) is 0 Å². The van der Waals surface area contributed by atoms with Gasteiger partial charge in [-0.3, -0.25) is 9.78 Å². The van der Waals surface area contributed by atoms with E-state index in [2.05, 4.69) is 10.3 Å². The SMILES string of the molecule is O=C(/C=C/c1ccc(Cl)cc1Cl)Cc1ccc(Nc2ccnc3cc(Cl)ccc23)cc1. The average Bonchev–Trinajstić information content (AvgIpc) is 2.74. The first-order valence-electron chi connectivity index (χ1n) is 9.54. The summed E-state index contributed by atoms with van der Waals surface area (Å²) in [6.07, 6.45) is 5.29. The standard InChI is InChI=1S/C25H17Cl3N2O/c26-18-5-3-17(23(28)14-18)4-9-21(31)13-16-1-7-20(8-2-16)30-24-11-12-29-25-15-19(27)6-10-22(24)25/h1-12,14-15H,13H2,(H,29,30)/b9-4+. The van der Waals surface area contributed by atoms with Crippen LogP contribution in [-0.2, 0) is 11.2 Å². The summed E-state index contributed by atoms with van der Waals surface area (Å²) >= 11 is 18.1. The number of anilines is 2. The fourth-order valence-electron chi connectivity index (χ4n) is 3.17. The molecule has 0 bridgehead atoms. The van der Waals surface area contributed by atoms with E-state index in [1.165, 1.54) is 6.08 Å². The molecule has 0 saturated heterocycles. The molecule has 4 rings (SSSR count). The van der Waals surface area contributed by atoms with Gasteiger partial charge in [0.05, 0.1) is 5.52 Å². The van der Waals surface area contributed by atoms with E-state index < -0.39 is 0 Å². The van der Waals surface area contributed by atoms with E-state index in [0.717, 1.165) is 33.4 Å². The first-order chi connectivity index (χ1) is 15.0. The van der Waals surface area contributed by atoms with Gasteiger partial charge in [-0.1, -0.05) is 53.0 Å². The molecule has 0 radical (unpaired) electrons. The topological polar surface area (TPSA) is 42.0 Å². The van der Waals surface area contributed by atoms with E-state index >= 15 is 0 Å². The molecule has 1 aromatic heterocycles. The van der Waals surface area contributed by atoms with Gasteiger partial charge >= 0.3 is 0 Å². The van der Waals surface area contributed by atoms with Gasteiger partial charge in [0.1, 0.15) is 0 Å². The van der Waals surface area contributed by atoms with E-state index in [-0.39, 0.29) is 5.78 Å². The molecule has 0 aliphatic rings. The van der Waals surface area contributed by atoms with Crippen molar-refractivity contribution < 1.29 is 4.79 Å². The minimum Gasteiger partial charge on any atom is -0.355 e. The minimum atomic E-state index is -0.0104. The van der Waals surface area contributed by atoms with Crippen molar-refractivity contribution in [1.29, 1.82) is 0 Å². The summed E-state index contributed by atoms with van der Waals surface area (Å²) in [6, 6.07) is 20.5. The van der Waals surface area contributed by atoms with Crippen molar-refractivity contribution in [3.8, 4) is 0 Å². The Morgan fingerprint density at radius 1 is 0.903 bits per heavy atom. The number of rotatable bonds is 6. The normalized spacial score (nSPS) is 11.2. The number of halogens is 3. The largest absolute Gasteiger partial charge is 0.355 e. The molecule has 0 amide bonds. The zero-order valence-corrected chi connectivity index (χ0v) is 18.5. The molecule has 0 spiro atoms. The highest BCUT2D eigenvalue weighted by Crippen LogP contribution is 2.27. The van der Waals surface area contributed by atoms with Crippen molar-refractivity contribution in [1.82, 2.24) is 4.98 Å². The van der Waals surface area contributed by atoms with Crippen LogP contribution in [0.2, 0.25) is 15.1 Å². The predicted octanol–water partition coefficient (Wildman–Crippen LogP) is 7.76. The first-order valence-corrected chi connectivity index (χ1v) is 10.7. The number of fused-ring (bicyclic) bond motifs is 1. The van der Waals surface area contributed by atoms with Crippen LogP contribution >= 0.6 is 34.8 Å². The highest BCUT2D eigenvalue weighted by Gasteiger charge is 2.05. The maximum atomic E-state index is 12.3. The molecule has 0 saturated carbocycles. The molecule has 154 valence electrons. The lowest BCUT2D eigenvalue weighted by Gasteiger charge is -2.10. The lowest BCUT2D eigenvalue weighted by molar-refractivity contribution is -0.113. The molecule has 6 heteroatoms. The van der Waals surface area contributed by atoms with E-state index in [9.17, 15) is 4.79 Å². The third-order valence-corrected chi connectivity index (χ3v) is 5.52. The molecule has 4 aromatic rings. The van der Waals surface area contributed by atoms with Crippen LogP contribution in [0.5, 0.6) is 0 Å². The number of aromatic nitrogens is 1.